The molecule has 1 heterocycles. The number of hydrogen-bond acceptors (Lipinski definition) is 4. The van der Waals surface area contributed by atoms with E-state index in [1.165, 1.54) is 6.07 Å². The largest absolute Gasteiger partial charge is 0.507 e. The fraction of sp³-hybridized carbons (Fsp3) is 0.333. The van der Waals surface area contributed by atoms with Gasteiger partial charge in [-0.1, -0.05) is 37.3 Å². The number of nitrogens with zero attached hydrogens (tertiary/aromatic N) is 2. The number of amides is 2. The summed E-state index contributed by atoms with van der Waals surface area (Å²) in [4.78, 5) is 28.3. The quantitative estimate of drug-likeness (QED) is 0.879. The molecule has 6 heteroatoms. The van der Waals surface area contributed by atoms with Crippen LogP contribution in [0.15, 0.2) is 48.5 Å². The van der Waals surface area contributed by atoms with E-state index in [4.69, 9.17) is 4.74 Å². The van der Waals surface area contributed by atoms with Gasteiger partial charge < -0.3 is 19.6 Å². The van der Waals surface area contributed by atoms with Crippen LogP contribution in [0.4, 0.5) is 0 Å². The third-order valence-corrected chi connectivity index (χ3v) is 4.76. The molecular formula is C21H24N2O4. The zero-order valence-corrected chi connectivity index (χ0v) is 15.4. The highest BCUT2D eigenvalue weighted by atomic mass is 16.5. The monoisotopic (exact) mass is 368 g/mol. The van der Waals surface area contributed by atoms with Gasteiger partial charge in [-0.05, 0) is 30.2 Å². The molecule has 142 valence electrons. The van der Waals surface area contributed by atoms with Crippen LogP contribution < -0.4 is 4.74 Å². The summed E-state index contributed by atoms with van der Waals surface area (Å²) < 4.78 is 5.70. The van der Waals surface area contributed by atoms with Crippen molar-refractivity contribution in [2.24, 2.45) is 0 Å². The number of aromatic hydroxyl groups is 1. The zero-order valence-electron chi connectivity index (χ0n) is 15.4. The molecule has 27 heavy (non-hydrogen) atoms. The lowest BCUT2D eigenvalue weighted by Crippen LogP contribution is -2.51. The first-order chi connectivity index (χ1) is 13.1. The Morgan fingerprint density at radius 3 is 2.30 bits per heavy atom. The fourth-order valence-electron chi connectivity index (χ4n) is 3.15. The highest BCUT2D eigenvalue weighted by Gasteiger charge is 2.26. The molecule has 3 rings (SSSR count). The second kappa shape index (κ2) is 8.58. The van der Waals surface area contributed by atoms with E-state index in [1.54, 1.807) is 28.0 Å². The van der Waals surface area contributed by atoms with Gasteiger partial charge >= 0.3 is 0 Å². The molecule has 0 aromatic heterocycles. The maximum Gasteiger partial charge on any atom is 0.260 e. The van der Waals surface area contributed by atoms with Crippen molar-refractivity contribution in [2.45, 2.75) is 13.3 Å². The lowest BCUT2D eigenvalue weighted by atomic mass is 10.1. The Kier molecular flexibility index (Phi) is 5.96. The van der Waals surface area contributed by atoms with E-state index in [1.807, 2.05) is 31.2 Å². The molecule has 1 fully saturated rings. The van der Waals surface area contributed by atoms with Crippen LogP contribution in [0.25, 0.3) is 0 Å². The molecule has 6 nitrogen and oxygen atoms in total. The first kappa shape index (κ1) is 18.8. The van der Waals surface area contributed by atoms with Crippen molar-refractivity contribution in [3.05, 3.63) is 59.7 Å². The third kappa shape index (κ3) is 4.39. The summed E-state index contributed by atoms with van der Waals surface area (Å²) in [5.74, 6) is 0.412. The summed E-state index contributed by atoms with van der Waals surface area (Å²) >= 11 is 0. The fourth-order valence-corrected chi connectivity index (χ4v) is 3.15. The molecule has 0 saturated carbocycles. The van der Waals surface area contributed by atoms with Crippen molar-refractivity contribution in [2.75, 3.05) is 32.8 Å². The van der Waals surface area contributed by atoms with Crippen molar-refractivity contribution in [3.8, 4) is 11.5 Å². The van der Waals surface area contributed by atoms with Crippen LogP contribution in [-0.4, -0.2) is 59.5 Å². The molecule has 2 aromatic rings. The molecule has 0 aliphatic carbocycles. The Morgan fingerprint density at radius 2 is 1.59 bits per heavy atom. The first-order valence-electron chi connectivity index (χ1n) is 9.16. The molecule has 2 amide bonds. The van der Waals surface area contributed by atoms with Gasteiger partial charge in [-0.15, -0.1) is 0 Å². The van der Waals surface area contributed by atoms with Crippen LogP contribution in [0.5, 0.6) is 11.5 Å². The van der Waals surface area contributed by atoms with Crippen LogP contribution in [0.1, 0.15) is 22.8 Å². The molecule has 2 aromatic carbocycles. The Balaban J connectivity index is 1.52. The number of piperazine rings is 1. The van der Waals surface area contributed by atoms with E-state index in [-0.39, 0.29) is 29.7 Å². The third-order valence-electron chi connectivity index (χ3n) is 4.76. The van der Waals surface area contributed by atoms with Crippen LogP contribution in [-0.2, 0) is 11.2 Å². The summed E-state index contributed by atoms with van der Waals surface area (Å²) in [6.07, 6.45) is 0.845. The van der Waals surface area contributed by atoms with E-state index >= 15 is 0 Å². The van der Waals surface area contributed by atoms with Gasteiger partial charge in [0, 0.05) is 26.2 Å². The van der Waals surface area contributed by atoms with Crippen LogP contribution in [0.3, 0.4) is 0 Å². The smallest absolute Gasteiger partial charge is 0.260 e. The number of phenols is 1. The van der Waals surface area contributed by atoms with Crippen molar-refractivity contribution in [3.63, 3.8) is 0 Å². The first-order valence-corrected chi connectivity index (χ1v) is 9.16. The maximum absolute atomic E-state index is 12.5. The summed E-state index contributed by atoms with van der Waals surface area (Å²) in [6.45, 7) is 3.82. The molecule has 0 spiro atoms. The average Bonchev–Trinajstić information content (AvgIpc) is 2.72. The SMILES string of the molecule is CCc1ccccc1OCC(=O)N1CCN(C(=O)c2ccccc2O)CC1. The van der Waals surface area contributed by atoms with Crippen molar-refractivity contribution >= 4 is 11.8 Å². The summed E-state index contributed by atoms with van der Waals surface area (Å²) in [7, 11) is 0. The Hall–Kier alpha value is -3.02. The van der Waals surface area contributed by atoms with Gasteiger partial charge in [0.15, 0.2) is 6.61 Å². The van der Waals surface area contributed by atoms with Crippen molar-refractivity contribution in [1.29, 1.82) is 0 Å². The van der Waals surface area contributed by atoms with Crippen LogP contribution >= 0.6 is 0 Å². The number of rotatable bonds is 5. The number of benzene rings is 2. The number of hydrogen-bond donors (Lipinski definition) is 1. The van der Waals surface area contributed by atoms with E-state index in [2.05, 4.69) is 0 Å². The summed E-state index contributed by atoms with van der Waals surface area (Å²) in [5.41, 5.74) is 1.36. The number of ether oxygens (including phenoxy) is 1. The number of carbonyl (C=O) groups excluding carboxylic acids is 2. The minimum atomic E-state index is -0.215. The van der Waals surface area contributed by atoms with E-state index in [0.29, 0.717) is 26.2 Å². The van der Waals surface area contributed by atoms with Gasteiger partial charge in [0.25, 0.3) is 11.8 Å². The molecule has 1 aliphatic heterocycles. The Labute approximate surface area is 159 Å². The molecule has 1 N–H and O–H groups in total. The van der Waals surface area contributed by atoms with Crippen molar-refractivity contribution < 1.29 is 19.4 Å². The highest BCUT2D eigenvalue weighted by molar-refractivity contribution is 5.97. The molecule has 0 unspecified atom stereocenters. The molecular weight excluding hydrogens is 344 g/mol. The number of aryl methyl sites for hydroxylation is 1. The van der Waals surface area contributed by atoms with Gasteiger partial charge in [0.05, 0.1) is 5.56 Å². The molecule has 1 saturated heterocycles. The Morgan fingerprint density at radius 1 is 0.963 bits per heavy atom. The van der Waals surface area contributed by atoms with E-state index in [0.717, 1.165) is 17.7 Å². The predicted octanol–water partition coefficient (Wildman–Crippen LogP) is 2.32. The minimum Gasteiger partial charge on any atom is -0.507 e. The highest BCUT2D eigenvalue weighted by Crippen LogP contribution is 2.20. The summed E-state index contributed by atoms with van der Waals surface area (Å²) in [5, 5.41) is 9.84. The Bertz CT molecular complexity index is 813. The van der Waals surface area contributed by atoms with E-state index < -0.39 is 0 Å². The second-order valence-electron chi connectivity index (χ2n) is 6.44. The number of carbonyl (C=O) groups is 2. The predicted molar refractivity (Wildman–Crippen MR) is 102 cm³/mol. The van der Waals surface area contributed by atoms with Crippen LogP contribution in [0, 0.1) is 0 Å². The lowest BCUT2D eigenvalue weighted by Gasteiger charge is -2.34. The standard InChI is InChI=1S/C21H24N2O4/c1-2-16-7-3-6-10-19(16)27-15-20(25)22-11-13-23(14-12-22)21(26)17-8-4-5-9-18(17)24/h3-10,24H,2,11-15H2,1H3. The van der Waals surface area contributed by atoms with Gasteiger partial charge in [0.2, 0.25) is 0 Å². The normalized spacial score (nSPS) is 14.1. The molecule has 0 radical (unpaired) electrons. The topological polar surface area (TPSA) is 70.1 Å². The van der Waals surface area contributed by atoms with Gasteiger partial charge in [0.1, 0.15) is 11.5 Å². The average molecular weight is 368 g/mol. The minimum absolute atomic E-state index is 0.00949. The van der Waals surface area contributed by atoms with Gasteiger partial charge in [-0.2, -0.15) is 0 Å². The number of phenolic OH excluding ortho intramolecular Hbond substituents is 1. The van der Waals surface area contributed by atoms with Gasteiger partial charge in [-0.3, -0.25) is 9.59 Å². The maximum atomic E-state index is 12.5. The molecule has 0 atom stereocenters. The summed E-state index contributed by atoms with van der Waals surface area (Å²) in [6, 6.07) is 14.2. The molecule has 1 aliphatic rings. The lowest BCUT2D eigenvalue weighted by molar-refractivity contribution is -0.134. The molecule has 0 bridgehead atoms. The zero-order chi connectivity index (χ0) is 19.2. The second-order valence-corrected chi connectivity index (χ2v) is 6.44. The number of para-hydroxylation sites is 2. The van der Waals surface area contributed by atoms with Crippen molar-refractivity contribution in [1.82, 2.24) is 9.80 Å². The van der Waals surface area contributed by atoms with Crippen LogP contribution in [0.2, 0.25) is 0 Å². The van der Waals surface area contributed by atoms with Gasteiger partial charge in [-0.25, -0.2) is 0 Å². The van der Waals surface area contributed by atoms with E-state index in [9.17, 15) is 14.7 Å².